The largest absolute Gasteiger partial charge is 0.418 e. The molecule has 1 aromatic carbocycles. The molecule has 2 rings (SSSR count). The van der Waals surface area contributed by atoms with E-state index in [-0.39, 0.29) is 17.5 Å². The lowest BCUT2D eigenvalue weighted by Gasteiger charge is -2.14. The van der Waals surface area contributed by atoms with Gasteiger partial charge in [-0.25, -0.2) is 0 Å². The fourth-order valence-corrected chi connectivity index (χ4v) is 1.81. The zero-order chi connectivity index (χ0) is 16.9. The van der Waals surface area contributed by atoms with Gasteiger partial charge in [0.2, 0.25) is 5.95 Å². The maximum Gasteiger partial charge on any atom is 0.418 e. The number of nitrogens with one attached hydrogen (secondary N) is 2. The van der Waals surface area contributed by atoms with Crippen molar-refractivity contribution >= 4 is 17.5 Å². The first kappa shape index (κ1) is 16.9. The molecular weight excluding hydrogens is 309 g/mol. The van der Waals surface area contributed by atoms with Gasteiger partial charge < -0.3 is 15.5 Å². The Morgan fingerprint density at radius 1 is 1.17 bits per heavy atom. The van der Waals surface area contributed by atoms with Crippen molar-refractivity contribution in [3.8, 4) is 0 Å². The highest BCUT2D eigenvalue weighted by Crippen LogP contribution is 2.35. The summed E-state index contributed by atoms with van der Waals surface area (Å²) in [4.78, 5) is 6.08. The van der Waals surface area contributed by atoms with Crippen molar-refractivity contribution in [2.24, 2.45) is 0 Å². The van der Waals surface area contributed by atoms with Gasteiger partial charge in [-0.05, 0) is 26.2 Å². The van der Waals surface area contributed by atoms with E-state index in [0.717, 1.165) is 12.6 Å². The highest BCUT2D eigenvalue weighted by Gasteiger charge is 2.33. The number of benzene rings is 1. The van der Waals surface area contributed by atoms with Crippen LogP contribution in [-0.2, 0) is 6.18 Å². The second-order valence-electron chi connectivity index (χ2n) is 5.06. The van der Waals surface area contributed by atoms with E-state index in [9.17, 15) is 13.2 Å². The molecule has 1 heterocycles. The van der Waals surface area contributed by atoms with Crippen LogP contribution in [0.2, 0.25) is 0 Å². The summed E-state index contributed by atoms with van der Waals surface area (Å²) in [6.45, 7) is 1.36. The minimum absolute atomic E-state index is 0.0836. The second kappa shape index (κ2) is 7.23. The molecule has 0 saturated heterocycles. The molecule has 0 radical (unpaired) electrons. The maximum atomic E-state index is 13.0. The van der Waals surface area contributed by atoms with Gasteiger partial charge in [0.1, 0.15) is 0 Å². The fraction of sp³-hybridized carbons (Fsp3) is 0.357. The number of rotatable bonds is 6. The van der Waals surface area contributed by atoms with Crippen LogP contribution >= 0.6 is 0 Å². The summed E-state index contributed by atoms with van der Waals surface area (Å²) in [6.07, 6.45) is -3.18. The maximum absolute atomic E-state index is 13.0. The van der Waals surface area contributed by atoms with Crippen molar-refractivity contribution in [3.63, 3.8) is 0 Å². The average Bonchev–Trinajstić information content (AvgIpc) is 2.47. The summed E-state index contributed by atoms with van der Waals surface area (Å²) in [5, 5.41) is 13.1. The lowest BCUT2D eigenvalue weighted by molar-refractivity contribution is -0.136. The fourth-order valence-electron chi connectivity index (χ4n) is 1.81. The molecule has 0 unspecified atom stereocenters. The minimum Gasteiger partial charge on any atom is -0.352 e. The molecule has 0 aliphatic carbocycles. The summed E-state index contributed by atoms with van der Waals surface area (Å²) >= 11 is 0. The van der Waals surface area contributed by atoms with Gasteiger partial charge in [-0.15, -0.1) is 5.10 Å². The second-order valence-corrected chi connectivity index (χ2v) is 5.06. The first-order valence-electron chi connectivity index (χ1n) is 6.88. The van der Waals surface area contributed by atoms with Crippen LogP contribution < -0.4 is 10.6 Å². The van der Waals surface area contributed by atoms with Crippen molar-refractivity contribution in [1.82, 2.24) is 20.1 Å². The van der Waals surface area contributed by atoms with Crippen molar-refractivity contribution < 1.29 is 13.2 Å². The Morgan fingerprint density at radius 2 is 1.91 bits per heavy atom. The Bertz CT molecular complexity index is 644. The van der Waals surface area contributed by atoms with E-state index in [1.165, 1.54) is 24.4 Å². The van der Waals surface area contributed by atoms with Crippen molar-refractivity contribution in [2.45, 2.75) is 6.18 Å². The van der Waals surface area contributed by atoms with Gasteiger partial charge in [-0.3, -0.25) is 0 Å². The summed E-state index contributed by atoms with van der Waals surface area (Å²) in [5.74, 6) is 0.436. The van der Waals surface area contributed by atoms with Gasteiger partial charge in [0.25, 0.3) is 0 Å². The third kappa shape index (κ3) is 5.06. The van der Waals surface area contributed by atoms with E-state index in [4.69, 9.17) is 0 Å². The van der Waals surface area contributed by atoms with Crippen LogP contribution in [0.1, 0.15) is 5.56 Å². The van der Waals surface area contributed by atoms with E-state index in [2.05, 4.69) is 25.8 Å². The Balaban J connectivity index is 2.12. The first-order valence-corrected chi connectivity index (χ1v) is 6.88. The van der Waals surface area contributed by atoms with E-state index in [1.54, 1.807) is 0 Å². The Kier molecular flexibility index (Phi) is 5.32. The molecule has 6 nitrogen and oxygen atoms in total. The van der Waals surface area contributed by atoms with Gasteiger partial charge in [0.05, 0.1) is 17.4 Å². The molecular formula is C14H17F3N6. The topological polar surface area (TPSA) is 66.0 Å². The third-order valence-corrected chi connectivity index (χ3v) is 2.90. The lowest BCUT2D eigenvalue weighted by atomic mass is 10.1. The zero-order valence-corrected chi connectivity index (χ0v) is 12.7. The molecule has 23 heavy (non-hydrogen) atoms. The minimum atomic E-state index is -4.45. The summed E-state index contributed by atoms with van der Waals surface area (Å²) in [6, 6.07) is 5.19. The molecule has 0 atom stereocenters. The molecule has 1 aromatic heterocycles. The Morgan fingerprint density at radius 3 is 2.61 bits per heavy atom. The predicted molar refractivity (Wildman–Crippen MR) is 81.6 cm³/mol. The molecule has 0 amide bonds. The van der Waals surface area contributed by atoms with Gasteiger partial charge in [0, 0.05) is 13.1 Å². The van der Waals surface area contributed by atoms with Crippen molar-refractivity contribution in [2.75, 3.05) is 37.8 Å². The number of anilines is 3. The van der Waals surface area contributed by atoms with Crippen LogP contribution in [0.15, 0.2) is 30.5 Å². The zero-order valence-electron chi connectivity index (χ0n) is 12.7. The number of alkyl halides is 3. The standard InChI is InChI=1S/C14H17F3N6/c1-23(2)8-7-18-13-21-12(9-19-22-13)20-11-6-4-3-5-10(11)14(15,16)17/h3-6,9H,7-8H2,1-2H3,(H2,18,20,21,22). The van der Waals surface area contributed by atoms with E-state index in [0.29, 0.717) is 6.54 Å². The van der Waals surface area contributed by atoms with E-state index in [1.807, 2.05) is 19.0 Å². The predicted octanol–water partition coefficient (Wildman–Crippen LogP) is 2.61. The smallest absolute Gasteiger partial charge is 0.352 e. The highest BCUT2D eigenvalue weighted by molar-refractivity contribution is 5.61. The molecule has 0 aliphatic rings. The molecule has 0 bridgehead atoms. The number of nitrogens with zero attached hydrogens (tertiary/aromatic N) is 4. The first-order chi connectivity index (χ1) is 10.9. The number of hydrogen-bond donors (Lipinski definition) is 2. The number of para-hydroxylation sites is 1. The molecule has 9 heteroatoms. The van der Waals surface area contributed by atoms with Crippen LogP contribution in [0.4, 0.5) is 30.6 Å². The summed E-state index contributed by atoms with van der Waals surface area (Å²) in [7, 11) is 3.85. The Hall–Kier alpha value is -2.42. The molecule has 124 valence electrons. The van der Waals surface area contributed by atoms with E-state index < -0.39 is 11.7 Å². The number of halogens is 3. The van der Waals surface area contributed by atoms with Crippen LogP contribution in [0.5, 0.6) is 0 Å². The lowest BCUT2D eigenvalue weighted by Crippen LogP contribution is -2.21. The monoisotopic (exact) mass is 326 g/mol. The molecule has 0 saturated carbocycles. The van der Waals surface area contributed by atoms with Crippen molar-refractivity contribution in [3.05, 3.63) is 36.0 Å². The summed E-state index contributed by atoms with van der Waals surface area (Å²) < 4.78 is 38.9. The average molecular weight is 326 g/mol. The van der Waals surface area contributed by atoms with Crippen LogP contribution in [-0.4, -0.2) is 47.3 Å². The number of hydrogen-bond acceptors (Lipinski definition) is 6. The molecule has 0 fully saturated rings. The van der Waals surface area contributed by atoms with Crippen LogP contribution in [0.3, 0.4) is 0 Å². The van der Waals surface area contributed by atoms with Gasteiger partial charge in [0.15, 0.2) is 5.82 Å². The summed E-state index contributed by atoms with van der Waals surface area (Å²) in [5.41, 5.74) is -0.847. The Labute approximate surface area is 131 Å². The molecule has 2 aromatic rings. The van der Waals surface area contributed by atoms with Crippen LogP contribution in [0.25, 0.3) is 0 Å². The SMILES string of the molecule is CN(C)CCNc1nncc(Nc2ccccc2C(F)(F)F)n1. The molecule has 2 N–H and O–H groups in total. The highest BCUT2D eigenvalue weighted by atomic mass is 19.4. The normalized spacial score (nSPS) is 11.6. The van der Waals surface area contributed by atoms with E-state index >= 15 is 0 Å². The van der Waals surface area contributed by atoms with Gasteiger partial charge in [-0.1, -0.05) is 12.1 Å². The van der Waals surface area contributed by atoms with Crippen LogP contribution in [0, 0.1) is 0 Å². The molecule has 0 aliphatic heterocycles. The third-order valence-electron chi connectivity index (χ3n) is 2.90. The van der Waals surface area contributed by atoms with Crippen molar-refractivity contribution in [1.29, 1.82) is 0 Å². The number of likely N-dealkylation sites (N-methyl/N-ethyl adjacent to an activating group) is 1. The van der Waals surface area contributed by atoms with Gasteiger partial charge in [-0.2, -0.15) is 23.3 Å². The molecule has 0 spiro atoms. The quantitative estimate of drug-likeness (QED) is 0.851. The number of aromatic nitrogens is 3. The van der Waals surface area contributed by atoms with Gasteiger partial charge >= 0.3 is 6.18 Å².